The average molecular weight is 566 g/mol. The van der Waals surface area contributed by atoms with Gasteiger partial charge in [0.1, 0.15) is 5.82 Å². The van der Waals surface area contributed by atoms with E-state index in [4.69, 9.17) is 4.74 Å². The first-order valence-electron chi connectivity index (χ1n) is 13.7. The molecule has 3 aromatic rings. The molecular formula is C31H36FN3O4S. The van der Waals surface area contributed by atoms with Crippen molar-refractivity contribution in [2.24, 2.45) is 0 Å². The molecule has 1 N–H and O–H groups in total. The minimum Gasteiger partial charge on any atom is -0.372 e. The number of aryl methyl sites for hydroxylation is 2. The number of hydrogen-bond acceptors (Lipinski definition) is 5. The quantitative estimate of drug-likeness (QED) is 0.455. The maximum atomic E-state index is 14.1. The Hall–Kier alpha value is -3.11. The summed E-state index contributed by atoms with van der Waals surface area (Å²) in [6.45, 7) is 5.62. The number of likely N-dealkylation sites (tertiary alicyclic amines) is 1. The smallest absolute Gasteiger partial charge is 0.243 e. The third kappa shape index (κ3) is 6.44. The lowest BCUT2D eigenvalue weighted by molar-refractivity contribution is -0.139. The van der Waals surface area contributed by atoms with Crippen LogP contribution in [0.4, 0.5) is 10.1 Å². The monoisotopic (exact) mass is 565 g/mol. The Bertz CT molecular complexity index is 1440. The minimum absolute atomic E-state index is 0.130. The number of carbonyl (C=O) groups excluding carboxylic acids is 1. The predicted molar refractivity (Wildman–Crippen MR) is 153 cm³/mol. The normalized spacial score (nSPS) is 19.9. The van der Waals surface area contributed by atoms with E-state index >= 15 is 0 Å². The SMILES string of the molecule is Cc1ccc(S(=O)(=O)N2CC3(CCN(CC(=O)Nc4cc(C)ccc4F)CC3)OC[C@H]2Cc2ccccc2)cc1. The summed E-state index contributed by atoms with van der Waals surface area (Å²) >= 11 is 0. The van der Waals surface area contributed by atoms with E-state index in [-0.39, 0.29) is 35.6 Å². The van der Waals surface area contributed by atoms with Crippen LogP contribution in [0, 0.1) is 19.7 Å². The van der Waals surface area contributed by atoms with Gasteiger partial charge in [0.25, 0.3) is 0 Å². The van der Waals surface area contributed by atoms with E-state index in [0.29, 0.717) is 39.0 Å². The summed E-state index contributed by atoms with van der Waals surface area (Å²) < 4.78 is 50.1. The number of sulfonamides is 1. The molecule has 212 valence electrons. The zero-order valence-corrected chi connectivity index (χ0v) is 23.8. The molecule has 1 amide bonds. The first kappa shape index (κ1) is 28.4. The number of anilines is 1. The van der Waals surface area contributed by atoms with Gasteiger partial charge in [-0.25, -0.2) is 12.8 Å². The number of piperidine rings is 1. The van der Waals surface area contributed by atoms with Crippen LogP contribution >= 0.6 is 0 Å². The standard InChI is InChI=1S/C31H36FN3O4S/c1-23-8-11-27(12-9-23)40(37,38)35-22-31(39-21-26(35)19-25-6-4-3-5-7-25)14-16-34(17-15-31)20-30(36)33-29-18-24(2)10-13-28(29)32/h3-13,18,26H,14-17,19-22H2,1-2H3,(H,33,36)/t26-/m1/s1. The molecule has 9 heteroatoms. The number of amides is 1. The third-order valence-electron chi connectivity index (χ3n) is 7.91. The van der Waals surface area contributed by atoms with Crippen molar-refractivity contribution in [3.05, 3.63) is 95.3 Å². The van der Waals surface area contributed by atoms with Crippen molar-refractivity contribution in [1.82, 2.24) is 9.21 Å². The van der Waals surface area contributed by atoms with Crippen LogP contribution in [0.5, 0.6) is 0 Å². The summed E-state index contributed by atoms with van der Waals surface area (Å²) in [5.41, 5.74) is 2.47. The van der Waals surface area contributed by atoms with E-state index in [0.717, 1.165) is 16.7 Å². The number of benzene rings is 3. The Kier molecular flexibility index (Phi) is 8.37. The summed E-state index contributed by atoms with van der Waals surface area (Å²) in [6, 6.07) is 21.2. The Morgan fingerprint density at radius 1 is 1.00 bits per heavy atom. The van der Waals surface area contributed by atoms with Crippen LogP contribution in [0.2, 0.25) is 0 Å². The topological polar surface area (TPSA) is 79.0 Å². The van der Waals surface area contributed by atoms with Gasteiger partial charge >= 0.3 is 0 Å². The molecular weight excluding hydrogens is 529 g/mol. The highest BCUT2D eigenvalue weighted by molar-refractivity contribution is 7.89. The fourth-order valence-electron chi connectivity index (χ4n) is 5.54. The van der Waals surface area contributed by atoms with Gasteiger partial charge in [0, 0.05) is 19.6 Å². The average Bonchev–Trinajstić information content (AvgIpc) is 2.94. The van der Waals surface area contributed by atoms with Crippen molar-refractivity contribution < 1.29 is 22.3 Å². The van der Waals surface area contributed by atoms with Crippen LogP contribution in [0.3, 0.4) is 0 Å². The van der Waals surface area contributed by atoms with Crippen molar-refractivity contribution in [3.63, 3.8) is 0 Å². The van der Waals surface area contributed by atoms with E-state index < -0.39 is 21.4 Å². The molecule has 2 fully saturated rings. The first-order chi connectivity index (χ1) is 19.1. The lowest BCUT2D eigenvalue weighted by Crippen LogP contribution is -2.62. The summed E-state index contributed by atoms with van der Waals surface area (Å²) in [5, 5.41) is 2.67. The van der Waals surface area contributed by atoms with Gasteiger partial charge < -0.3 is 10.1 Å². The van der Waals surface area contributed by atoms with Gasteiger partial charge in [-0.15, -0.1) is 0 Å². The molecule has 2 heterocycles. The van der Waals surface area contributed by atoms with Crippen LogP contribution in [0.25, 0.3) is 0 Å². The zero-order chi connectivity index (χ0) is 28.3. The lowest BCUT2D eigenvalue weighted by Gasteiger charge is -2.49. The molecule has 0 bridgehead atoms. The molecule has 0 saturated carbocycles. The number of halogens is 1. The number of nitrogens with zero attached hydrogens (tertiary/aromatic N) is 2. The van der Waals surface area contributed by atoms with Gasteiger partial charge in [-0.05, 0) is 68.5 Å². The van der Waals surface area contributed by atoms with Gasteiger partial charge in [0.15, 0.2) is 0 Å². The Morgan fingerprint density at radius 3 is 2.38 bits per heavy atom. The fraction of sp³-hybridized carbons (Fsp3) is 0.387. The molecule has 0 aliphatic carbocycles. The van der Waals surface area contributed by atoms with E-state index in [2.05, 4.69) is 5.32 Å². The maximum Gasteiger partial charge on any atom is 0.243 e. The van der Waals surface area contributed by atoms with Gasteiger partial charge in [-0.2, -0.15) is 4.31 Å². The van der Waals surface area contributed by atoms with Crippen LogP contribution in [-0.2, 0) is 26.0 Å². The highest BCUT2D eigenvalue weighted by Gasteiger charge is 2.47. The summed E-state index contributed by atoms with van der Waals surface area (Å²) in [6.07, 6.45) is 1.75. The zero-order valence-electron chi connectivity index (χ0n) is 23.0. The molecule has 3 aromatic carbocycles. The molecule has 2 aliphatic rings. The van der Waals surface area contributed by atoms with Crippen molar-refractivity contribution in [2.75, 3.05) is 38.1 Å². The molecule has 5 rings (SSSR count). The molecule has 40 heavy (non-hydrogen) atoms. The van der Waals surface area contributed by atoms with Crippen LogP contribution in [0.15, 0.2) is 77.7 Å². The minimum atomic E-state index is -3.76. The summed E-state index contributed by atoms with van der Waals surface area (Å²) in [5.74, 6) is -0.747. The van der Waals surface area contributed by atoms with Gasteiger partial charge in [-0.3, -0.25) is 9.69 Å². The molecule has 0 unspecified atom stereocenters. The van der Waals surface area contributed by atoms with Gasteiger partial charge in [-0.1, -0.05) is 54.1 Å². The van der Waals surface area contributed by atoms with E-state index in [9.17, 15) is 17.6 Å². The van der Waals surface area contributed by atoms with E-state index in [1.165, 1.54) is 6.07 Å². The highest BCUT2D eigenvalue weighted by Crippen LogP contribution is 2.36. The van der Waals surface area contributed by atoms with Crippen molar-refractivity contribution in [3.8, 4) is 0 Å². The molecule has 1 atom stereocenters. The third-order valence-corrected chi connectivity index (χ3v) is 9.82. The molecule has 0 aromatic heterocycles. The molecule has 2 saturated heterocycles. The first-order valence-corrected chi connectivity index (χ1v) is 15.1. The number of nitrogens with one attached hydrogen (secondary N) is 1. The summed E-state index contributed by atoms with van der Waals surface area (Å²) in [7, 11) is -3.76. The fourth-order valence-corrected chi connectivity index (χ4v) is 7.22. The van der Waals surface area contributed by atoms with Crippen molar-refractivity contribution in [1.29, 1.82) is 0 Å². The maximum absolute atomic E-state index is 14.1. The van der Waals surface area contributed by atoms with Gasteiger partial charge in [0.2, 0.25) is 15.9 Å². The van der Waals surface area contributed by atoms with Crippen molar-refractivity contribution >= 4 is 21.6 Å². The van der Waals surface area contributed by atoms with E-state index in [1.807, 2.05) is 61.2 Å². The Morgan fingerprint density at radius 2 is 1.68 bits per heavy atom. The van der Waals surface area contributed by atoms with E-state index in [1.54, 1.807) is 28.6 Å². The summed E-state index contributed by atoms with van der Waals surface area (Å²) in [4.78, 5) is 14.9. The highest BCUT2D eigenvalue weighted by atomic mass is 32.2. The Labute approximate surface area is 236 Å². The van der Waals surface area contributed by atoms with Crippen LogP contribution in [0.1, 0.15) is 29.5 Å². The lowest BCUT2D eigenvalue weighted by atomic mass is 9.88. The predicted octanol–water partition coefficient (Wildman–Crippen LogP) is 4.55. The number of hydrogen-bond donors (Lipinski definition) is 1. The van der Waals surface area contributed by atoms with Crippen LogP contribution in [-0.4, -0.2) is 68.0 Å². The molecule has 7 nitrogen and oxygen atoms in total. The molecule has 2 aliphatic heterocycles. The largest absolute Gasteiger partial charge is 0.372 e. The number of ether oxygens (including phenoxy) is 1. The molecule has 0 radical (unpaired) electrons. The molecule has 1 spiro atoms. The van der Waals surface area contributed by atoms with Gasteiger partial charge in [0.05, 0.1) is 35.4 Å². The number of rotatable bonds is 7. The van der Waals surface area contributed by atoms with Crippen LogP contribution < -0.4 is 5.32 Å². The number of morpholine rings is 1. The second kappa shape index (κ2) is 11.8. The number of carbonyl (C=O) groups is 1. The second-order valence-corrected chi connectivity index (χ2v) is 12.9. The Balaban J connectivity index is 1.28. The van der Waals surface area contributed by atoms with Crippen molar-refractivity contribution in [2.45, 2.75) is 49.6 Å². The second-order valence-electron chi connectivity index (χ2n) is 11.0.